The van der Waals surface area contributed by atoms with E-state index in [9.17, 15) is 20.2 Å². The Hall–Kier alpha value is -6.62. The SMILES string of the molecule is O=[N+]([O-])c1ccc(N2C=CN(c3cccc(-n4c5ccccc5c5ccc(N6C=CN(c7ccc([N+](=O)[O-])cc7)C6)cc54)c3)C2)cc1. The first-order valence-corrected chi connectivity index (χ1v) is 15.0. The fraction of sp³-hybridized carbons (Fsp3) is 0.0556. The van der Waals surface area contributed by atoms with Crippen LogP contribution in [0.1, 0.15) is 0 Å². The van der Waals surface area contributed by atoms with Gasteiger partial charge < -0.3 is 24.2 Å². The molecular formula is C36H27N7O4. The summed E-state index contributed by atoms with van der Waals surface area (Å²) in [6.45, 7) is 1.15. The van der Waals surface area contributed by atoms with Crippen molar-refractivity contribution in [2.45, 2.75) is 0 Å². The van der Waals surface area contributed by atoms with Crippen molar-refractivity contribution in [1.29, 1.82) is 0 Å². The molecule has 0 radical (unpaired) electrons. The normalized spacial score (nSPS) is 14.2. The van der Waals surface area contributed by atoms with Crippen molar-refractivity contribution in [3.05, 3.63) is 160 Å². The van der Waals surface area contributed by atoms with Crippen LogP contribution in [-0.4, -0.2) is 27.8 Å². The lowest BCUT2D eigenvalue weighted by molar-refractivity contribution is -0.385. The highest BCUT2D eigenvalue weighted by molar-refractivity contribution is 6.10. The molecule has 1 aromatic heterocycles. The molecule has 2 aliphatic rings. The van der Waals surface area contributed by atoms with Crippen molar-refractivity contribution in [2.24, 2.45) is 0 Å². The van der Waals surface area contributed by atoms with Gasteiger partial charge in [-0.2, -0.15) is 0 Å². The van der Waals surface area contributed by atoms with E-state index in [1.54, 1.807) is 24.3 Å². The second kappa shape index (κ2) is 11.1. The molecule has 11 nitrogen and oxygen atoms in total. The maximum absolute atomic E-state index is 11.1. The van der Waals surface area contributed by atoms with E-state index < -0.39 is 9.85 Å². The molecule has 0 aliphatic carbocycles. The summed E-state index contributed by atoms with van der Waals surface area (Å²) in [6.07, 6.45) is 7.99. The van der Waals surface area contributed by atoms with Crippen LogP contribution in [0.15, 0.2) is 140 Å². The van der Waals surface area contributed by atoms with Crippen LogP contribution in [0.2, 0.25) is 0 Å². The molecule has 0 spiro atoms. The van der Waals surface area contributed by atoms with Crippen molar-refractivity contribution in [2.75, 3.05) is 32.9 Å². The first-order chi connectivity index (χ1) is 22.9. The third-order valence-corrected chi connectivity index (χ3v) is 8.66. The Morgan fingerprint density at radius 3 is 1.49 bits per heavy atom. The summed E-state index contributed by atoms with van der Waals surface area (Å²) in [5.41, 5.74) is 7.15. The van der Waals surface area contributed by atoms with E-state index in [0.717, 1.165) is 50.2 Å². The van der Waals surface area contributed by atoms with Crippen molar-refractivity contribution in [3.63, 3.8) is 0 Å². The topological polar surface area (TPSA) is 104 Å². The molecule has 230 valence electrons. The van der Waals surface area contributed by atoms with E-state index in [1.165, 1.54) is 24.3 Å². The molecule has 0 unspecified atom stereocenters. The number of aromatic nitrogens is 1. The van der Waals surface area contributed by atoms with Crippen LogP contribution < -0.4 is 19.6 Å². The van der Waals surface area contributed by atoms with Gasteiger partial charge in [-0.25, -0.2) is 0 Å². The van der Waals surface area contributed by atoms with Crippen LogP contribution in [-0.2, 0) is 0 Å². The highest BCUT2D eigenvalue weighted by atomic mass is 16.6. The highest BCUT2D eigenvalue weighted by Gasteiger charge is 2.21. The molecule has 2 aliphatic heterocycles. The molecule has 0 atom stereocenters. The van der Waals surface area contributed by atoms with Crippen LogP contribution in [0.5, 0.6) is 0 Å². The summed E-state index contributed by atoms with van der Waals surface area (Å²) in [5, 5.41) is 24.5. The Labute approximate surface area is 269 Å². The second-order valence-electron chi connectivity index (χ2n) is 11.4. The van der Waals surface area contributed by atoms with Gasteiger partial charge in [-0.1, -0.05) is 30.3 Å². The van der Waals surface area contributed by atoms with Crippen molar-refractivity contribution in [3.8, 4) is 5.69 Å². The van der Waals surface area contributed by atoms with E-state index in [1.807, 2.05) is 29.7 Å². The minimum Gasteiger partial charge on any atom is -0.328 e. The molecule has 0 fully saturated rings. The molecule has 5 aromatic carbocycles. The largest absolute Gasteiger partial charge is 0.328 e. The lowest BCUT2D eigenvalue weighted by atomic mass is 10.1. The Morgan fingerprint density at radius 2 is 0.915 bits per heavy atom. The Bertz CT molecular complexity index is 2240. The predicted molar refractivity (Wildman–Crippen MR) is 185 cm³/mol. The van der Waals surface area contributed by atoms with Gasteiger partial charge >= 0.3 is 0 Å². The molecule has 0 saturated carbocycles. The van der Waals surface area contributed by atoms with Gasteiger partial charge in [0.25, 0.3) is 11.4 Å². The number of para-hydroxylation sites is 1. The van der Waals surface area contributed by atoms with E-state index >= 15 is 0 Å². The molecule has 47 heavy (non-hydrogen) atoms. The molecule has 3 heterocycles. The summed E-state index contributed by atoms with van der Waals surface area (Å²) in [7, 11) is 0. The first-order valence-electron chi connectivity index (χ1n) is 15.0. The van der Waals surface area contributed by atoms with E-state index in [2.05, 4.69) is 86.0 Å². The van der Waals surface area contributed by atoms with Crippen LogP contribution in [0.3, 0.4) is 0 Å². The minimum atomic E-state index is -0.391. The molecular weight excluding hydrogens is 594 g/mol. The van der Waals surface area contributed by atoms with E-state index in [4.69, 9.17) is 0 Å². The second-order valence-corrected chi connectivity index (χ2v) is 11.4. The van der Waals surface area contributed by atoms with Gasteiger partial charge in [0.2, 0.25) is 0 Å². The number of benzene rings is 5. The zero-order valence-corrected chi connectivity index (χ0v) is 25.0. The number of non-ortho nitro benzene ring substituents is 2. The standard InChI is InChI=1S/C36H27N7O4/c44-42(45)28-12-8-26(9-13-28)37-18-20-39(24-37)30-4-3-5-32(22-30)41-35-7-2-1-6-33(35)34-17-16-31(23-36(34)41)40-21-19-38(25-40)27-10-14-29(15-11-27)43(46)47/h1-23H,24-25H2. The smallest absolute Gasteiger partial charge is 0.269 e. The van der Waals surface area contributed by atoms with Crippen molar-refractivity contribution < 1.29 is 9.85 Å². The quantitative estimate of drug-likeness (QED) is 0.130. The zero-order chi connectivity index (χ0) is 32.1. The third-order valence-electron chi connectivity index (χ3n) is 8.66. The number of anilines is 4. The first kappa shape index (κ1) is 27.9. The van der Waals surface area contributed by atoms with Crippen molar-refractivity contribution in [1.82, 2.24) is 4.57 Å². The monoisotopic (exact) mass is 621 g/mol. The summed E-state index contributed by atoms with van der Waals surface area (Å²) >= 11 is 0. The summed E-state index contributed by atoms with van der Waals surface area (Å²) in [6, 6.07) is 36.5. The maximum atomic E-state index is 11.1. The molecule has 0 N–H and O–H groups in total. The van der Waals surface area contributed by atoms with Gasteiger partial charge in [-0.3, -0.25) is 20.2 Å². The van der Waals surface area contributed by atoms with Crippen molar-refractivity contribution >= 4 is 55.9 Å². The number of fused-ring (bicyclic) bond motifs is 3. The van der Waals surface area contributed by atoms with E-state index in [0.29, 0.717) is 13.3 Å². The number of hydrogen-bond donors (Lipinski definition) is 0. The molecule has 0 amide bonds. The minimum absolute atomic E-state index is 0.0680. The predicted octanol–water partition coefficient (Wildman–Crippen LogP) is 8.11. The lowest BCUT2D eigenvalue weighted by Crippen LogP contribution is -2.24. The van der Waals surface area contributed by atoms with Crippen LogP contribution in [0.25, 0.3) is 27.5 Å². The average Bonchev–Trinajstić information content (AvgIpc) is 3.87. The van der Waals surface area contributed by atoms with Crippen LogP contribution in [0.4, 0.5) is 34.1 Å². The highest BCUT2D eigenvalue weighted by Crippen LogP contribution is 2.37. The van der Waals surface area contributed by atoms with Gasteiger partial charge in [0, 0.05) is 88.3 Å². The number of hydrogen-bond acceptors (Lipinski definition) is 8. The van der Waals surface area contributed by atoms with Crippen LogP contribution in [0, 0.1) is 20.2 Å². The molecule has 0 saturated heterocycles. The van der Waals surface area contributed by atoms with Gasteiger partial charge in [0.05, 0.1) is 34.2 Å². The third kappa shape index (κ3) is 4.95. The summed E-state index contributed by atoms with van der Waals surface area (Å²) < 4.78 is 2.29. The van der Waals surface area contributed by atoms with Gasteiger partial charge in [0.1, 0.15) is 0 Å². The number of nitrogens with zero attached hydrogens (tertiary/aromatic N) is 7. The van der Waals surface area contributed by atoms with Crippen LogP contribution >= 0.6 is 0 Å². The number of rotatable bonds is 7. The average molecular weight is 622 g/mol. The van der Waals surface area contributed by atoms with Gasteiger partial charge in [0.15, 0.2) is 0 Å². The fourth-order valence-corrected chi connectivity index (χ4v) is 6.27. The summed E-state index contributed by atoms with van der Waals surface area (Å²) in [4.78, 5) is 29.8. The molecule has 8 rings (SSSR count). The fourth-order valence-electron chi connectivity index (χ4n) is 6.27. The Morgan fingerprint density at radius 1 is 0.447 bits per heavy atom. The molecule has 6 aromatic rings. The Balaban J connectivity index is 1.10. The Kier molecular flexibility index (Phi) is 6.57. The summed E-state index contributed by atoms with van der Waals surface area (Å²) in [5.74, 6) is 0. The molecule has 0 bridgehead atoms. The van der Waals surface area contributed by atoms with Gasteiger partial charge in [-0.15, -0.1) is 0 Å². The maximum Gasteiger partial charge on any atom is 0.269 e. The lowest BCUT2D eigenvalue weighted by Gasteiger charge is -2.22. The number of nitro groups is 2. The zero-order valence-electron chi connectivity index (χ0n) is 25.0. The van der Waals surface area contributed by atoms with E-state index in [-0.39, 0.29) is 11.4 Å². The molecule has 11 heteroatoms. The number of nitro benzene ring substituents is 2. The van der Waals surface area contributed by atoms with Gasteiger partial charge in [-0.05, 0) is 60.7 Å².